The molecule has 1 amide bonds. The van der Waals surface area contributed by atoms with Crippen molar-refractivity contribution < 1.29 is 19.4 Å². The van der Waals surface area contributed by atoms with Gasteiger partial charge in [-0.2, -0.15) is 12.6 Å². The predicted octanol–water partition coefficient (Wildman–Crippen LogP) is 7.25. The normalized spacial score (nSPS) is 15.2. The van der Waals surface area contributed by atoms with Crippen LogP contribution in [0, 0.1) is 5.41 Å². The second-order valence-electron chi connectivity index (χ2n) is 8.28. The smallest absolute Gasteiger partial charge is 0.412 e. The van der Waals surface area contributed by atoms with Crippen LogP contribution in [0.3, 0.4) is 0 Å². The van der Waals surface area contributed by atoms with Crippen molar-refractivity contribution in [3.63, 3.8) is 0 Å². The standard InChI is InChI=1S/C26H23ClN2O4S2/c1-15(19(13-28)14-34)33-25(32)29-21-12-22(27)35-23(21)18-4-2-16(3-5-18)17-6-8-20(9-7-17)26(10-11-26)24(30)31/h2-9,12-15,28,34H,10-11H2,1H3,(H,29,32)(H,30,31)/b19-14+,28-13?. The van der Waals surface area contributed by atoms with Crippen LogP contribution in [0.5, 0.6) is 0 Å². The number of carbonyl (C=O) groups is 2. The number of carbonyl (C=O) groups excluding carboxylic acids is 1. The third-order valence-corrected chi connectivity index (χ3v) is 7.70. The molecular weight excluding hydrogens is 504 g/mol. The van der Waals surface area contributed by atoms with Gasteiger partial charge in [-0.1, -0.05) is 60.1 Å². The highest BCUT2D eigenvalue weighted by molar-refractivity contribution is 7.83. The molecule has 2 aromatic carbocycles. The number of carboxylic acids is 1. The Morgan fingerprint density at radius 3 is 2.23 bits per heavy atom. The molecule has 0 bridgehead atoms. The second kappa shape index (κ2) is 10.3. The average molecular weight is 527 g/mol. The van der Waals surface area contributed by atoms with Crippen molar-refractivity contribution in [1.29, 1.82) is 5.41 Å². The van der Waals surface area contributed by atoms with E-state index in [4.69, 9.17) is 21.7 Å². The number of halogens is 1. The Balaban J connectivity index is 1.50. The SMILES string of the molecule is CC(OC(=O)Nc1cc(Cl)sc1-c1ccc(-c2ccc(C3(C(=O)O)CC3)cc2)cc1)/C(C=N)=C/S. The highest BCUT2D eigenvalue weighted by Crippen LogP contribution is 2.48. The fourth-order valence-corrected chi connectivity index (χ4v) is 5.31. The maximum atomic E-state index is 12.4. The van der Waals surface area contributed by atoms with E-state index in [1.54, 1.807) is 13.0 Å². The summed E-state index contributed by atoms with van der Waals surface area (Å²) in [6.45, 7) is 1.66. The number of anilines is 1. The minimum Gasteiger partial charge on any atom is -0.481 e. The minimum absolute atomic E-state index is 0.464. The molecule has 1 aromatic heterocycles. The third-order valence-electron chi connectivity index (χ3n) is 6.08. The van der Waals surface area contributed by atoms with Crippen molar-refractivity contribution in [1.82, 2.24) is 0 Å². The Morgan fingerprint density at radius 2 is 1.71 bits per heavy atom. The molecular formula is C26H23ClN2O4S2. The van der Waals surface area contributed by atoms with Crippen molar-refractivity contribution in [2.24, 2.45) is 0 Å². The van der Waals surface area contributed by atoms with Gasteiger partial charge in [-0.3, -0.25) is 10.1 Å². The number of amides is 1. The maximum absolute atomic E-state index is 12.4. The third kappa shape index (κ3) is 5.29. The summed E-state index contributed by atoms with van der Waals surface area (Å²) in [5, 5.41) is 21.0. The first-order valence-electron chi connectivity index (χ1n) is 10.8. The van der Waals surface area contributed by atoms with Gasteiger partial charge in [0.05, 0.1) is 20.3 Å². The van der Waals surface area contributed by atoms with Gasteiger partial charge in [0.25, 0.3) is 0 Å². The zero-order chi connectivity index (χ0) is 25.2. The molecule has 1 unspecified atom stereocenters. The first-order chi connectivity index (χ1) is 16.8. The quantitative estimate of drug-likeness (QED) is 0.183. The molecule has 9 heteroatoms. The predicted molar refractivity (Wildman–Crippen MR) is 144 cm³/mol. The number of thiol groups is 1. The summed E-state index contributed by atoms with van der Waals surface area (Å²) in [6.07, 6.45) is 1.16. The summed E-state index contributed by atoms with van der Waals surface area (Å²) in [4.78, 5) is 24.7. The summed E-state index contributed by atoms with van der Waals surface area (Å²) in [7, 11) is 0. The Kier molecular flexibility index (Phi) is 7.35. The second-order valence-corrected chi connectivity index (χ2v) is 10.2. The van der Waals surface area contributed by atoms with Gasteiger partial charge in [0, 0.05) is 11.8 Å². The molecule has 1 aliphatic carbocycles. The topological polar surface area (TPSA) is 99.5 Å². The van der Waals surface area contributed by atoms with Crippen LogP contribution in [0.25, 0.3) is 21.6 Å². The van der Waals surface area contributed by atoms with Crippen LogP contribution in [-0.4, -0.2) is 29.5 Å². The summed E-state index contributed by atoms with van der Waals surface area (Å²) < 4.78 is 5.85. The Hall–Kier alpha value is -3.07. The highest BCUT2D eigenvalue weighted by Gasteiger charge is 2.51. The first kappa shape index (κ1) is 25.0. The molecule has 0 radical (unpaired) electrons. The molecule has 1 heterocycles. The Bertz CT molecular complexity index is 1300. The van der Waals surface area contributed by atoms with E-state index in [-0.39, 0.29) is 0 Å². The largest absolute Gasteiger partial charge is 0.481 e. The van der Waals surface area contributed by atoms with E-state index in [0.717, 1.165) is 33.3 Å². The van der Waals surface area contributed by atoms with Gasteiger partial charge < -0.3 is 15.3 Å². The zero-order valence-corrected chi connectivity index (χ0v) is 21.2. The number of carboxylic acid groups (broad SMARTS) is 1. The molecule has 0 spiro atoms. The first-order valence-corrected chi connectivity index (χ1v) is 12.5. The van der Waals surface area contributed by atoms with Crippen molar-refractivity contribution in [2.75, 3.05) is 5.32 Å². The lowest BCUT2D eigenvalue weighted by molar-refractivity contribution is -0.140. The van der Waals surface area contributed by atoms with Crippen LogP contribution in [-0.2, 0) is 14.9 Å². The molecule has 1 saturated carbocycles. The van der Waals surface area contributed by atoms with Crippen molar-refractivity contribution >= 4 is 59.5 Å². The van der Waals surface area contributed by atoms with Gasteiger partial charge in [0.15, 0.2) is 0 Å². The van der Waals surface area contributed by atoms with E-state index < -0.39 is 23.6 Å². The van der Waals surface area contributed by atoms with Gasteiger partial charge in [-0.15, -0.1) is 11.3 Å². The highest BCUT2D eigenvalue weighted by atomic mass is 35.5. The number of ether oxygens (including phenoxy) is 1. The maximum Gasteiger partial charge on any atom is 0.412 e. The molecule has 3 N–H and O–H groups in total. The van der Waals surface area contributed by atoms with E-state index in [1.165, 1.54) is 16.7 Å². The van der Waals surface area contributed by atoms with Crippen LogP contribution in [0.15, 0.2) is 65.6 Å². The molecule has 180 valence electrons. The summed E-state index contributed by atoms with van der Waals surface area (Å²) in [5.41, 5.74) is 3.98. The summed E-state index contributed by atoms with van der Waals surface area (Å²) in [5.74, 6) is -0.764. The molecule has 0 saturated heterocycles. The van der Waals surface area contributed by atoms with E-state index >= 15 is 0 Å². The fraction of sp³-hybridized carbons (Fsp3) is 0.192. The van der Waals surface area contributed by atoms with E-state index in [0.29, 0.717) is 28.4 Å². The number of nitrogens with one attached hydrogen (secondary N) is 2. The molecule has 1 atom stereocenters. The van der Waals surface area contributed by atoms with Gasteiger partial charge in [0.2, 0.25) is 0 Å². The lowest BCUT2D eigenvalue weighted by atomic mass is 9.93. The van der Waals surface area contributed by atoms with Crippen LogP contribution < -0.4 is 5.32 Å². The average Bonchev–Trinajstić information content (AvgIpc) is 3.58. The summed E-state index contributed by atoms with van der Waals surface area (Å²) in [6, 6.07) is 17.2. The van der Waals surface area contributed by atoms with Crippen LogP contribution >= 0.6 is 35.6 Å². The Labute approximate surface area is 217 Å². The molecule has 4 rings (SSSR count). The number of hydrogen-bond donors (Lipinski definition) is 4. The molecule has 1 aliphatic rings. The van der Waals surface area contributed by atoms with Crippen molar-refractivity contribution in [3.8, 4) is 21.6 Å². The van der Waals surface area contributed by atoms with Gasteiger partial charge in [-0.05, 0) is 53.5 Å². The monoisotopic (exact) mass is 526 g/mol. The number of aliphatic carboxylic acids is 1. The van der Waals surface area contributed by atoms with Crippen LogP contribution in [0.4, 0.5) is 10.5 Å². The van der Waals surface area contributed by atoms with E-state index in [9.17, 15) is 14.7 Å². The van der Waals surface area contributed by atoms with Gasteiger partial charge >= 0.3 is 12.1 Å². The molecule has 3 aromatic rings. The van der Waals surface area contributed by atoms with E-state index in [1.807, 2.05) is 48.5 Å². The number of benzene rings is 2. The number of hydrogen-bond acceptors (Lipinski definition) is 6. The molecule has 6 nitrogen and oxygen atoms in total. The minimum atomic E-state index is -0.764. The lowest BCUT2D eigenvalue weighted by Crippen LogP contribution is -2.22. The van der Waals surface area contributed by atoms with Gasteiger partial charge in [-0.25, -0.2) is 4.79 Å². The lowest BCUT2D eigenvalue weighted by Gasteiger charge is -2.14. The number of rotatable bonds is 8. The van der Waals surface area contributed by atoms with Gasteiger partial charge in [0.1, 0.15) is 6.10 Å². The van der Waals surface area contributed by atoms with Crippen molar-refractivity contribution in [3.05, 3.63) is 75.5 Å². The molecule has 1 fully saturated rings. The van der Waals surface area contributed by atoms with Crippen LogP contribution in [0.1, 0.15) is 25.3 Å². The Morgan fingerprint density at radius 1 is 1.14 bits per heavy atom. The van der Waals surface area contributed by atoms with Crippen molar-refractivity contribution in [2.45, 2.75) is 31.3 Å². The van der Waals surface area contributed by atoms with Crippen LogP contribution in [0.2, 0.25) is 4.34 Å². The fourth-order valence-electron chi connectivity index (χ4n) is 3.84. The van der Waals surface area contributed by atoms with E-state index in [2.05, 4.69) is 17.9 Å². The zero-order valence-electron chi connectivity index (χ0n) is 18.7. The number of thiophene rings is 1. The molecule has 0 aliphatic heterocycles. The summed E-state index contributed by atoms with van der Waals surface area (Å²) >= 11 is 11.6. The molecule has 35 heavy (non-hydrogen) atoms.